The monoisotopic (exact) mass is 126 g/mol. The van der Waals surface area contributed by atoms with Crippen LogP contribution in [0.1, 0.15) is 19.8 Å². The van der Waals surface area contributed by atoms with E-state index in [2.05, 4.69) is 6.92 Å². The van der Waals surface area contributed by atoms with Gasteiger partial charge in [0, 0.05) is 11.7 Å². The second-order valence-electron chi connectivity index (χ2n) is 2.86. The lowest BCUT2D eigenvalue weighted by molar-refractivity contribution is 0.432. The Morgan fingerprint density at radius 2 is 2.33 bits per heavy atom. The molecule has 0 bridgehead atoms. The highest BCUT2D eigenvalue weighted by Gasteiger charge is 2.16. The maximum atomic E-state index is 5.74. The Bertz CT molecular complexity index is 129. The number of nitrogens with two attached hydrogens (primary N) is 2. The van der Waals surface area contributed by atoms with E-state index in [1.807, 2.05) is 6.08 Å². The van der Waals surface area contributed by atoms with Gasteiger partial charge in [-0.15, -0.1) is 0 Å². The van der Waals surface area contributed by atoms with Crippen LogP contribution in [0.5, 0.6) is 0 Å². The molecule has 0 spiro atoms. The lowest BCUT2D eigenvalue weighted by atomic mass is 9.90. The number of rotatable bonds is 0. The van der Waals surface area contributed by atoms with Crippen LogP contribution in [-0.2, 0) is 0 Å². The summed E-state index contributed by atoms with van der Waals surface area (Å²) in [5.41, 5.74) is 12.3. The zero-order valence-corrected chi connectivity index (χ0v) is 5.80. The third-order valence-electron chi connectivity index (χ3n) is 1.94. The summed E-state index contributed by atoms with van der Waals surface area (Å²) in [6.45, 7) is 2.14. The second-order valence-corrected chi connectivity index (χ2v) is 2.86. The van der Waals surface area contributed by atoms with Crippen LogP contribution < -0.4 is 11.5 Å². The molecule has 2 unspecified atom stereocenters. The molecule has 2 heteroatoms. The van der Waals surface area contributed by atoms with Crippen molar-refractivity contribution in [2.75, 3.05) is 0 Å². The smallest absolute Gasteiger partial charge is 0.0104 e. The van der Waals surface area contributed by atoms with E-state index in [1.54, 1.807) is 0 Å². The quantitative estimate of drug-likeness (QED) is 0.499. The normalized spacial score (nSPS) is 36.0. The van der Waals surface area contributed by atoms with Crippen molar-refractivity contribution in [1.29, 1.82) is 0 Å². The summed E-state index contributed by atoms with van der Waals surface area (Å²) >= 11 is 0. The molecule has 0 aromatic heterocycles. The molecule has 9 heavy (non-hydrogen) atoms. The molecular formula is C7H14N2. The minimum Gasteiger partial charge on any atom is -0.402 e. The molecule has 0 aromatic rings. The molecule has 0 saturated heterocycles. The molecule has 0 aliphatic heterocycles. The van der Waals surface area contributed by atoms with Crippen LogP contribution in [0.15, 0.2) is 11.8 Å². The van der Waals surface area contributed by atoms with Crippen molar-refractivity contribution in [3.05, 3.63) is 11.8 Å². The van der Waals surface area contributed by atoms with Crippen molar-refractivity contribution in [3.8, 4) is 0 Å². The van der Waals surface area contributed by atoms with Gasteiger partial charge in [-0.25, -0.2) is 0 Å². The average molecular weight is 126 g/mol. The van der Waals surface area contributed by atoms with Crippen molar-refractivity contribution in [2.24, 2.45) is 17.4 Å². The minimum atomic E-state index is 0.331. The lowest BCUT2D eigenvalue weighted by Gasteiger charge is -2.23. The van der Waals surface area contributed by atoms with Crippen LogP contribution in [0.25, 0.3) is 0 Å². The molecule has 0 saturated carbocycles. The first-order chi connectivity index (χ1) is 4.20. The highest BCUT2D eigenvalue weighted by molar-refractivity contribution is 5.04. The molecule has 1 rings (SSSR count). The highest BCUT2D eigenvalue weighted by atomic mass is 14.7. The Morgan fingerprint density at radius 1 is 1.67 bits per heavy atom. The van der Waals surface area contributed by atoms with Gasteiger partial charge in [0.25, 0.3) is 0 Å². The highest BCUT2D eigenvalue weighted by Crippen LogP contribution is 2.18. The first-order valence-electron chi connectivity index (χ1n) is 3.40. The topological polar surface area (TPSA) is 52.0 Å². The first-order valence-corrected chi connectivity index (χ1v) is 3.40. The van der Waals surface area contributed by atoms with Crippen molar-refractivity contribution < 1.29 is 0 Å². The van der Waals surface area contributed by atoms with E-state index in [4.69, 9.17) is 11.5 Å². The molecule has 0 heterocycles. The van der Waals surface area contributed by atoms with Gasteiger partial charge in [0.2, 0.25) is 0 Å². The molecule has 0 amide bonds. The van der Waals surface area contributed by atoms with E-state index in [0.29, 0.717) is 12.0 Å². The maximum absolute atomic E-state index is 5.74. The fraction of sp³-hybridized carbons (Fsp3) is 0.714. The van der Waals surface area contributed by atoms with E-state index < -0.39 is 0 Å². The minimum absolute atomic E-state index is 0.331. The van der Waals surface area contributed by atoms with Crippen LogP contribution in [0.4, 0.5) is 0 Å². The van der Waals surface area contributed by atoms with Gasteiger partial charge in [0.05, 0.1) is 0 Å². The van der Waals surface area contributed by atoms with Gasteiger partial charge in [-0.3, -0.25) is 0 Å². The Labute approximate surface area is 55.9 Å². The van der Waals surface area contributed by atoms with Gasteiger partial charge in [-0.1, -0.05) is 13.0 Å². The molecule has 52 valence electrons. The van der Waals surface area contributed by atoms with Crippen LogP contribution in [-0.4, -0.2) is 6.04 Å². The number of allylic oxidation sites excluding steroid dienone is 1. The van der Waals surface area contributed by atoms with Crippen LogP contribution in [0, 0.1) is 5.92 Å². The Kier molecular flexibility index (Phi) is 1.76. The predicted octanol–water partition coefficient (Wildman–Crippen LogP) is 0.586. The summed E-state index contributed by atoms with van der Waals surface area (Å²) in [7, 11) is 0. The SMILES string of the molecule is CC1CC(N)=CCC1N. The molecule has 0 aromatic carbocycles. The zero-order chi connectivity index (χ0) is 6.85. The van der Waals surface area contributed by atoms with Crippen molar-refractivity contribution >= 4 is 0 Å². The summed E-state index contributed by atoms with van der Waals surface area (Å²) < 4.78 is 0. The fourth-order valence-corrected chi connectivity index (χ4v) is 1.13. The predicted molar refractivity (Wildman–Crippen MR) is 38.6 cm³/mol. The van der Waals surface area contributed by atoms with E-state index in [1.165, 1.54) is 0 Å². The van der Waals surface area contributed by atoms with E-state index >= 15 is 0 Å². The summed E-state index contributed by atoms with van der Waals surface area (Å²) in [5, 5.41) is 0. The van der Waals surface area contributed by atoms with Gasteiger partial charge in [-0.05, 0) is 18.8 Å². The second kappa shape index (κ2) is 2.40. The van der Waals surface area contributed by atoms with Gasteiger partial charge in [0.1, 0.15) is 0 Å². The number of hydrogen-bond donors (Lipinski definition) is 2. The van der Waals surface area contributed by atoms with Crippen molar-refractivity contribution in [1.82, 2.24) is 0 Å². The van der Waals surface area contributed by atoms with E-state index in [-0.39, 0.29) is 0 Å². The van der Waals surface area contributed by atoms with Gasteiger partial charge < -0.3 is 11.5 Å². The van der Waals surface area contributed by atoms with Crippen LogP contribution in [0.2, 0.25) is 0 Å². The standard InChI is InChI=1S/C7H14N2/c1-5-4-6(8)2-3-7(5)9/h2,5,7H,3-4,8-9H2,1H3. The molecule has 4 N–H and O–H groups in total. The van der Waals surface area contributed by atoms with Crippen molar-refractivity contribution in [2.45, 2.75) is 25.8 Å². The molecule has 1 aliphatic carbocycles. The van der Waals surface area contributed by atoms with Gasteiger partial charge in [0.15, 0.2) is 0 Å². The van der Waals surface area contributed by atoms with Gasteiger partial charge in [-0.2, -0.15) is 0 Å². The van der Waals surface area contributed by atoms with Gasteiger partial charge >= 0.3 is 0 Å². The fourth-order valence-electron chi connectivity index (χ4n) is 1.13. The van der Waals surface area contributed by atoms with E-state index in [9.17, 15) is 0 Å². The summed E-state index contributed by atoms with van der Waals surface area (Å²) in [4.78, 5) is 0. The molecule has 1 aliphatic rings. The third-order valence-corrected chi connectivity index (χ3v) is 1.94. The maximum Gasteiger partial charge on any atom is 0.0104 e. The summed E-state index contributed by atoms with van der Waals surface area (Å²) in [6.07, 6.45) is 3.96. The Morgan fingerprint density at radius 3 is 2.78 bits per heavy atom. The third kappa shape index (κ3) is 1.45. The average Bonchev–Trinajstić information content (AvgIpc) is 1.80. The molecule has 0 radical (unpaired) electrons. The summed E-state index contributed by atoms with van der Waals surface area (Å²) in [5.74, 6) is 0.565. The van der Waals surface area contributed by atoms with Crippen LogP contribution in [0.3, 0.4) is 0 Å². The Hall–Kier alpha value is -0.500. The van der Waals surface area contributed by atoms with Crippen molar-refractivity contribution in [3.63, 3.8) is 0 Å². The first kappa shape index (κ1) is 6.62. The zero-order valence-electron chi connectivity index (χ0n) is 5.80. The molecule has 2 atom stereocenters. The van der Waals surface area contributed by atoms with E-state index in [0.717, 1.165) is 18.5 Å². The largest absolute Gasteiger partial charge is 0.402 e. The molecular weight excluding hydrogens is 112 g/mol. The lowest BCUT2D eigenvalue weighted by Crippen LogP contribution is -2.31. The summed E-state index contributed by atoms with van der Waals surface area (Å²) in [6, 6.07) is 0.331. The Balaban J connectivity index is 2.54. The molecule has 0 fully saturated rings. The molecule has 2 nitrogen and oxygen atoms in total. The van der Waals surface area contributed by atoms with Crippen LogP contribution >= 0.6 is 0 Å². The number of hydrogen-bond acceptors (Lipinski definition) is 2.